The van der Waals surface area contributed by atoms with Gasteiger partial charge in [-0.1, -0.05) is 30.3 Å². The van der Waals surface area contributed by atoms with E-state index in [1.54, 1.807) is 48.5 Å². The van der Waals surface area contributed by atoms with E-state index in [0.29, 0.717) is 34.5 Å². The maximum Gasteiger partial charge on any atom is 0.342 e. The third kappa shape index (κ3) is 5.43. The Kier molecular flexibility index (Phi) is 7.16. The summed E-state index contributed by atoms with van der Waals surface area (Å²) in [5.41, 5.74) is 1.43. The molecule has 7 nitrogen and oxygen atoms in total. The minimum absolute atomic E-state index is 0.0541. The zero-order chi connectivity index (χ0) is 21.5. The molecule has 0 aliphatic heterocycles. The van der Waals surface area contributed by atoms with Crippen LogP contribution < -0.4 is 9.47 Å². The number of hydrogen-bond acceptors (Lipinski definition) is 6. The Morgan fingerprint density at radius 1 is 1.27 bits per heavy atom. The van der Waals surface area contributed by atoms with Gasteiger partial charge in [0, 0.05) is 10.6 Å². The van der Waals surface area contributed by atoms with Crippen LogP contribution in [0.1, 0.15) is 5.56 Å². The Bertz CT molecular complexity index is 1080. The SMILES string of the molecule is C=CCOc1ccc(/C=C(\Sc2n[nH]c(-c3ccc(Cl)cc3)n2)C(=O)O)cc1OC. The van der Waals surface area contributed by atoms with Crippen molar-refractivity contribution >= 4 is 35.4 Å². The number of benzene rings is 2. The fourth-order valence-corrected chi connectivity index (χ4v) is 3.29. The second-order valence-electron chi connectivity index (χ2n) is 5.90. The van der Waals surface area contributed by atoms with E-state index in [0.717, 1.165) is 17.3 Å². The molecule has 0 radical (unpaired) electrons. The lowest BCUT2D eigenvalue weighted by Crippen LogP contribution is -1.98. The van der Waals surface area contributed by atoms with Crippen molar-refractivity contribution in [3.63, 3.8) is 0 Å². The molecular weight excluding hydrogens is 426 g/mol. The number of nitrogens with one attached hydrogen (secondary N) is 1. The molecule has 154 valence electrons. The predicted molar refractivity (Wildman–Crippen MR) is 117 cm³/mol. The molecule has 3 rings (SSSR count). The molecule has 0 atom stereocenters. The largest absolute Gasteiger partial charge is 0.493 e. The molecule has 0 saturated carbocycles. The van der Waals surface area contributed by atoms with Gasteiger partial charge in [-0.2, -0.15) is 0 Å². The van der Waals surface area contributed by atoms with E-state index >= 15 is 0 Å². The minimum Gasteiger partial charge on any atom is -0.493 e. The molecule has 0 amide bonds. The summed E-state index contributed by atoms with van der Waals surface area (Å²) in [7, 11) is 1.52. The van der Waals surface area contributed by atoms with Crippen molar-refractivity contribution in [2.45, 2.75) is 5.16 Å². The van der Waals surface area contributed by atoms with E-state index in [1.165, 1.54) is 13.2 Å². The van der Waals surface area contributed by atoms with Gasteiger partial charge in [-0.25, -0.2) is 9.78 Å². The fraction of sp³-hybridized carbons (Fsp3) is 0.0952. The smallest absolute Gasteiger partial charge is 0.342 e. The normalized spacial score (nSPS) is 11.2. The number of hydrogen-bond donors (Lipinski definition) is 2. The average Bonchev–Trinajstić information content (AvgIpc) is 3.21. The summed E-state index contributed by atoms with van der Waals surface area (Å²) in [6.45, 7) is 3.94. The number of carboxylic acids is 1. The molecule has 1 aromatic heterocycles. The summed E-state index contributed by atoms with van der Waals surface area (Å²) in [5.74, 6) is 0.456. The molecule has 0 unspecified atom stereocenters. The third-order valence-corrected chi connectivity index (χ3v) is 4.97. The van der Waals surface area contributed by atoms with Gasteiger partial charge in [0.05, 0.1) is 7.11 Å². The Labute approximate surface area is 182 Å². The molecule has 9 heteroatoms. The topological polar surface area (TPSA) is 97.3 Å². The van der Waals surface area contributed by atoms with Gasteiger partial charge in [0.1, 0.15) is 11.5 Å². The summed E-state index contributed by atoms with van der Waals surface area (Å²) in [4.78, 5) is 16.2. The maximum absolute atomic E-state index is 11.7. The number of nitrogens with zero attached hydrogens (tertiary/aromatic N) is 2. The number of halogens is 1. The van der Waals surface area contributed by atoms with E-state index in [2.05, 4.69) is 21.8 Å². The summed E-state index contributed by atoms with van der Waals surface area (Å²) < 4.78 is 10.8. The monoisotopic (exact) mass is 443 g/mol. The van der Waals surface area contributed by atoms with Crippen LogP contribution >= 0.6 is 23.4 Å². The first-order valence-corrected chi connectivity index (χ1v) is 9.92. The summed E-state index contributed by atoms with van der Waals surface area (Å²) in [6.07, 6.45) is 3.15. The molecular formula is C21H18ClN3O4S. The first-order chi connectivity index (χ1) is 14.5. The molecule has 2 N–H and O–H groups in total. The summed E-state index contributed by atoms with van der Waals surface area (Å²) in [6, 6.07) is 12.2. The predicted octanol–water partition coefficient (Wildman–Crippen LogP) is 4.92. The van der Waals surface area contributed by atoms with Crippen LogP contribution in [0.25, 0.3) is 17.5 Å². The van der Waals surface area contributed by atoms with Crippen molar-refractivity contribution in [1.29, 1.82) is 0 Å². The Morgan fingerprint density at radius 3 is 2.70 bits per heavy atom. The molecule has 0 aliphatic carbocycles. The van der Waals surface area contributed by atoms with Crippen LogP contribution in [0, 0.1) is 0 Å². The molecule has 2 aromatic carbocycles. The number of carbonyl (C=O) groups is 1. The number of ether oxygens (including phenoxy) is 2. The molecule has 3 aromatic rings. The first-order valence-electron chi connectivity index (χ1n) is 8.73. The lowest BCUT2D eigenvalue weighted by atomic mass is 10.2. The van der Waals surface area contributed by atoms with Gasteiger partial charge in [0.2, 0.25) is 5.16 Å². The van der Waals surface area contributed by atoms with Crippen molar-refractivity contribution in [1.82, 2.24) is 15.2 Å². The molecule has 1 heterocycles. The van der Waals surface area contributed by atoms with Gasteiger partial charge in [0.25, 0.3) is 0 Å². The van der Waals surface area contributed by atoms with E-state index < -0.39 is 5.97 Å². The van der Waals surface area contributed by atoms with Gasteiger partial charge in [-0.15, -0.1) is 5.10 Å². The molecule has 0 fully saturated rings. The molecule has 0 saturated heterocycles. The van der Waals surface area contributed by atoms with E-state index in [4.69, 9.17) is 21.1 Å². The first kappa shape index (κ1) is 21.5. The van der Waals surface area contributed by atoms with Crippen LogP contribution in [0.15, 0.2) is 65.2 Å². The Balaban J connectivity index is 1.82. The zero-order valence-corrected chi connectivity index (χ0v) is 17.5. The molecule has 0 spiro atoms. The van der Waals surface area contributed by atoms with Crippen molar-refractivity contribution < 1.29 is 19.4 Å². The van der Waals surface area contributed by atoms with Crippen LogP contribution in [0.2, 0.25) is 5.02 Å². The maximum atomic E-state index is 11.7. The lowest BCUT2D eigenvalue weighted by Gasteiger charge is -2.10. The lowest BCUT2D eigenvalue weighted by molar-refractivity contribution is -0.131. The highest BCUT2D eigenvalue weighted by molar-refractivity contribution is 8.04. The Morgan fingerprint density at radius 2 is 2.03 bits per heavy atom. The number of methoxy groups -OCH3 is 1. The number of carboxylic acid groups (broad SMARTS) is 1. The second-order valence-corrected chi connectivity index (χ2v) is 7.34. The van der Waals surface area contributed by atoms with E-state index in [9.17, 15) is 9.90 Å². The van der Waals surface area contributed by atoms with Crippen LogP contribution in [-0.2, 0) is 4.79 Å². The number of aromatic nitrogens is 3. The van der Waals surface area contributed by atoms with Gasteiger partial charge in [0.15, 0.2) is 17.3 Å². The highest BCUT2D eigenvalue weighted by Crippen LogP contribution is 2.32. The molecule has 30 heavy (non-hydrogen) atoms. The summed E-state index contributed by atoms with van der Waals surface area (Å²) in [5, 5.41) is 17.4. The summed E-state index contributed by atoms with van der Waals surface area (Å²) >= 11 is 6.84. The van der Waals surface area contributed by atoms with Crippen molar-refractivity contribution in [3.8, 4) is 22.9 Å². The van der Waals surface area contributed by atoms with Gasteiger partial charge >= 0.3 is 5.97 Å². The van der Waals surface area contributed by atoms with Gasteiger partial charge in [-0.05, 0) is 59.8 Å². The van der Waals surface area contributed by atoms with Crippen molar-refractivity contribution in [2.75, 3.05) is 13.7 Å². The van der Waals surface area contributed by atoms with Gasteiger partial charge in [-0.3, -0.25) is 5.10 Å². The van der Waals surface area contributed by atoms with Crippen LogP contribution in [0.3, 0.4) is 0 Å². The van der Waals surface area contributed by atoms with Crippen molar-refractivity contribution in [3.05, 3.63) is 70.6 Å². The number of H-pyrrole nitrogens is 1. The highest BCUT2D eigenvalue weighted by atomic mass is 35.5. The van der Waals surface area contributed by atoms with Crippen LogP contribution in [0.4, 0.5) is 0 Å². The van der Waals surface area contributed by atoms with E-state index in [-0.39, 0.29) is 10.1 Å². The van der Waals surface area contributed by atoms with Crippen LogP contribution in [0.5, 0.6) is 11.5 Å². The highest BCUT2D eigenvalue weighted by Gasteiger charge is 2.15. The number of rotatable bonds is 9. The quantitative estimate of drug-likeness (QED) is 0.275. The van der Waals surface area contributed by atoms with Crippen LogP contribution in [-0.4, -0.2) is 40.0 Å². The molecule has 0 aliphatic rings. The van der Waals surface area contributed by atoms with E-state index in [1.807, 2.05) is 0 Å². The third-order valence-electron chi connectivity index (χ3n) is 3.84. The number of thioether (sulfide) groups is 1. The molecule has 0 bridgehead atoms. The van der Waals surface area contributed by atoms with Gasteiger partial charge < -0.3 is 14.6 Å². The standard InChI is InChI=1S/C21H18ClN3O4S/c1-3-10-29-16-9-4-13(11-17(16)28-2)12-18(20(26)27)30-21-23-19(24-25-21)14-5-7-15(22)8-6-14/h3-9,11-12H,1,10H2,2H3,(H,26,27)(H,23,24,25)/b18-12-. The average molecular weight is 444 g/mol. The van der Waals surface area contributed by atoms with Crippen molar-refractivity contribution in [2.24, 2.45) is 0 Å². The minimum atomic E-state index is -1.09. The zero-order valence-electron chi connectivity index (χ0n) is 16.0. The fourth-order valence-electron chi connectivity index (χ4n) is 2.46. The Hall–Kier alpha value is -3.23. The second kappa shape index (κ2) is 10.00. The number of aromatic amines is 1. The number of aliphatic carboxylic acids is 1.